The molecular weight excluding hydrogens is 504 g/mol. The van der Waals surface area contributed by atoms with Gasteiger partial charge in [-0.25, -0.2) is 4.79 Å². The van der Waals surface area contributed by atoms with E-state index < -0.39 is 53.7 Å². The van der Waals surface area contributed by atoms with Gasteiger partial charge in [0.1, 0.15) is 0 Å². The van der Waals surface area contributed by atoms with Crippen molar-refractivity contribution in [3.8, 4) is 0 Å². The Morgan fingerprint density at radius 1 is 0.769 bits per heavy atom. The van der Waals surface area contributed by atoms with Gasteiger partial charge in [0.2, 0.25) is 11.8 Å². The molecule has 5 rings (SSSR count). The first-order chi connectivity index (χ1) is 18.8. The number of para-hydroxylation sites is 1. The molecule has 2 aliphatic heterocycles. The van der Waals surface area contributed by atoms with Gasteiger partial charge < -0.3 is 14.2 Å². The summed E-state index contributed by atoms with van der Waals surface area (Å²) in [6.07, 6.45) is 0.933. The minimum absolute atomic E-state index is 0.315. The van der Waals surface area contributed by atoms with Crippen molar-refractivity contribution in [3.05, 3.63) is 77.5 Å². The summed E-state index contributed by atoms with van der Waals surface area (Å²) >= 11 is 0. The maximum atomic E-state index is 14.0. The van der Waals surface area contributed by atoms with Gasteiger partial charge in [-0.1, -0.05) is 55.5 Å². The third-order valence-electron chi connectivity index (χ3n) is 7.89. The number of imide groups is 1. The van der Waals surface area contributed by atoms with Crippen molar-refractivity contribution in [2.24, 2.45) is 23.7 Å². The number of carbonyl (C=O) groups excluding carboxylic acids is 5. The third-order valence-corrected chi connectivity index (χ3v) is 7.89. The smallest absolute Gasteiger partial charge is 0.414 e. The predicted octanol–water partition coefficient (Wildman–Crippen LogP) is 3.19. The Hall–Kier alpha value is -4.47. The lowest BCUT2D eigenvalue weighted by molar-refractivity contribution is -0.162. The molecule has 0 aromatic heterocycles. The van der Waals surface area contributed by atoms with E-state index in [1.165, 1.54) is 16.9 Å². The highest BCUT2D eigenvalue weighted by molar-refractivity contribution is 6.22. The monoisotopic (exact) mass is 532 g/mol. The molecule has 0 saturated carbocycles. The standard InChI is InChI=1S/C29H28N2O8/c1-15-14-19-21(22-20(15)25(32)30(26(22)33)16-10-6-5-7-11-16)17-12-8-9-13-18(17)24(31(19)29(36)39-4)23(27(34)37-2)28(35)38-3/h5-15,20-24H,1-4H3/t15-,20-,21+,22-,24?/m1/s1. The van der Waals surface area contributed by atoms with Gasteiger partial charge in [-0.2, -0.15) is 0 Å². The van der Waals surface area contributed by atoms with Crippen LogP contribution in [0.15, 0.2) is 66.4 Å². The van der Waals surface area contributed by atoms with Crippen LogP contribution in [0.2, 0.25) is 0 Å². The SMILES string of the molecule is COC(=O)C(C(=O)OC)C1c2ccccc2[C@H]2C(=C[C@@H](C)[C@H]3C(=O)N(c4ccccc4)C(=O)[C@H]32)N1C(=O)OC. The van der Waals surface area contributed by atoms with E-state index in [1.54, 1.807) is 60.7 Å². The first kappa shape index (κ1) is 26.1. The number of amides is 3. The second-order valence-corrected chi connectivity index (χ2v) is 9.77. The fraction of sp³-hybridized carbons (Fsp3) is 0.345. The van der Waals surface area contributed by atoms with Crippen LogP contribution >= 0.6 is 0 Å². The van der Waals surface area contributed by atoms with Crippen molar-refractivity contribution in [1.82, 2.24) is 4.90 Å². The summed E-state index contributed by atoms with van der Waals surface area (Å²) < 4.78 is 15.0. The highest BCUT2D eigenvalue weighted by atomic mass is 16.6. The summed E-state index contributed by atoms with van der Waals surface area (Å²) in [6.45, 7) is 1.81. The summed E-state index contributed by atoms with van der Waals surface area (Å²) in [5.74, 6) is -6.66. The molecule has 5 atom stereocenters. The summed E-state index contributed by atoms with van der Waals surface area (Å²) in [6, 6.07) is 14.5. The molecule has 10 nitrogen and oxygen atoms in total. The van der Waals surface area contributed by atoms with Crippen molar-refractivity contribution in [3.63, 3.8) is 0 Å². The van der Waals surface area contributed by atoms with Gasteiger partial charge in [0.15, 0.2) is 5.92 Å². The van der Waals surface area contributed by atoms with Crippen LogP contribution in [0.1, 0.15) is 30.0 Å². The molecule has 0 N–H and O–H groups in total. The molecule has 1 saturated heterocycles. The summed E-state index contributed by atoms with van der Waals surface area (Å²) in [4.78, 5) is 69.5. The summed E-state index contributed by atoms with van der Waals surface area (Å²) in [5, 5.41) is 0. The first-order valence-electron chi connectivity index (χ1n) is 12.5. The molecule has 0 radical (unpaired) electrons. The Bertz CT molecular complexity index is 1370. The normalized spacial score (nSPS) is 25.4. The van der Waals surface area contributed by atoms with Crippen LogP contribution in [0.4, 0.5) is 10.5 Å². The zero-order valence-corrected chi connectivity index (χ0v) is 21.9. The van der Waals surface area contributed by atoms with Gasteiger partial charge in [0.05, 0.1) is 44.9 Å². The summed E-state index contributed by atoms with van der Waals surface area (Å²) in [5.41, 5.74) is 1.94. The molecule has 202 valence electrons. The maximum absolute atomic E-state index is 14.0. The number of esters is 2. The Labute approximate surface area is 225 Å². The van der Waals surface area contributed by atoms with Crippen LogP contribution in [-0.4, -0.2) is 56.1 Å². The second kappa shape index (κ2) is 10.0. The molecule has 0 bridgehead atoms. The number of allylic oxidation sites excluding steroid dienone is 2. The van der Waals surface area contributed by atoms with Crippen LogP contribution in [0.25, 0.3) is 0 Å². The molecule has 39 heavy (non-hydrogen) atoms. The first-order valence-corrected chi connectivity index (χ1v) is 12.5. The van der Waals surface area contributed by atoms with Crippen LogP contribution in [-0.2, 0) is 33.4 Å². The second-order valence-electron chi connectivity index (χ2n) is 9.77. The van der Waals surface area contributed by atoms with E-state index in [4.69, 9.17) is 14.2 Å². The number of nitrogens with zero attached hydrogens (tertiary/aromatic N) is 2. The predicted molar refractivity (Wildman–Crippen MR) is 137 cm³/mol. The highest BCUT2D eigenvalue weighted by Crippen LogP contribution is 2.56. The minimum atomic E-state index is -1.53. The Kier molecular flexibility index (Phi) is 6.71. The molecule has 3 amide bonds. The fourth-order valence-electron chi connectivity index (χ4n) is 6.31. The van der Waals surface area contributed by atoms with Crippen molar-refractivity contribution in [2.75, 3.05) is 26.2 Å². The van der Waals surface area contributed by atoms with Gasteiger partial charge in [0, 0.05) is 11.6 Å². The van der Waals surface area contributed by atoms with E-state index in [0.29, 0.717) is 22.5 Å². The van der Waals surface area contributed by atoms with E-state index in [2.05, 4.69) is 0 Å². The lowest BCUT2D eigenvalue weighted by Crippen LogP contribution is -2.51. The number of anilines is 1. The minimum Gasteiger partial charge on any atom is -0.468 e. The molecule has 10 heteroatoms. The number of carbonyl (C=O) groups is 5. The van der Waals surface area contributed by atoms with E-state index in [9.17, 15) is 24.0 Å². The van der Waals surface area contributed by atoms with E-state index in [1.807, 2.05) is 6.92 Å². The molecule has 2 aromatic rings. The van der Waals surface area contributed by atoms with Crippen molar-refractivity contribution < 1.29 is 38.2 Å². The average molecular weight is 533 g/mol. The molecule has 2 aromatic carbocycles. The number of rotatable bonds is 4. The third kappa shape index (κ3) is 3.89. The zero-order chi connectivity index (χ0) is 28.0. The maximum Gasteiger partial charge on any atom is 0.414 e. The number of fused-ring (bicyclic) bond motifs is 5. The number of benzene rings is 2. The van der Waals surface area contributed by atoms with Crippen molar-refractivity contribution >= 4 is 35.5 Å². The summed E-state index contributed by atoms with van der Waals surface area (Å²) in [7, 11) is 3.48. The lowest BCUT2D eigenvalue weighted by Gasteiger charge is -2.48. The molecule has 1 unspecified atom stereocenters. The van der Waals surface area contributed by atoms with Crippen molar-refractivity contribution in [1.29, 1.82) is 0 Å². The molecule has 3 aliphatic rings. The topological polar surface area (TPSA) is 120 Å². The molecule has 0 spiro atoms. The van der Waals surface area contributed by atoms with Crippen LogP contribution < -0.4 is 4.90 Å². The van der Waals surface area contributed by atoms with E-state index in [-0.39, 0.29) is 11.8 Å². The zero-order valence-electron chi connectivity index (χ0n) is 21.9. The molecule has 2 heterocycles. The lowest BCUT2D eigenvalue weighted by atomic mass is 9.64. The fourth-order valence-corrected chi connectivity index (χ4v) is 6.31. The highest BCUT2D eigenvalue weighted by Gasteiger charge is 2.60. The Morgan fingerprint density at radius 2 is 1.33 bits per heavy atom. The number of ether oxygens (including phenoxy) is 3. The Morgan fingerprint density at radius 3 is 1.92 bits per heavy atom. The number of hydrogen-bond acceptors (Lipinski definition) is 8. The van der Waals surface area contributed by atoms with Gasteiger partial charge in [-0.05, 0) is 29.2 Å². The van der Waals surface area contributed by atoms with Crippen LogP contribution in [0, 0.1) is 23.7 Å². The Balaban J connectivity index is 1.74. The van der Waals surface area contributed by atoms with Gasteiger partial charge in [0.25, 0.3) is 0 Å². The van der Waals surface area contributed by atoms with Gasteiger partial charge in [-0.15, -0.1) is 0 Å². The van der Waals surface area contributed by atoms with Gasteiger partial charge >= 0.3 is 18.0 Å². The van der Waals surface area contributed by atoms with Crippen LogP contribution in [0.3, 0.4) is 0 Å². The number of methoxy groups -OCH3 is 3. The average Bonchev–Trinajstić information content (AvgIpc) is 3.22. The molecule has 1 aliphatic carbocycles. The number of hydrogen-bond donors (Lipinski definition) is 0. The van der Waals surface area contributed by atoms with E-state index >= 15 is 0 Å². The van der Waals surface area contributed by atoms with Gasteiger partial charge in [-0.3, -0.25) is 29.0 Å². The quantitative estimate of drug-likeness (QED) is 0.255. The van der Waals surface area contributed by atoms with Crippen molar-refractivity contribution in [2.45, 2.75) is 18.9 Å². The van der Waals surface area contributed by atoms with Crippen LogP contribution in [0.5, 0.6) is 0 Å². The molecular formula is C29H28N2O8. The molecule has 1 fully saturated rings. The largest absolute Gasteiger partial charge is 0.468 e. The van der Waals surface area contributed by atoms with E-state index in [0.717, 1.165) is 14.2 Å².